The molecule has 86 valence electrons. The first-order valence-electron chi connectivity index (χ1n) is 5.20. The Morgan fingerprint density at radius 3 is 3.00 bits per heavy atom. The molecule has 0 unspecified atom stereocenters. The average molecular weight is 284 g/mol. The van der Waals surface area contributed by atoms with Gasteiger partial charge in [-0.2, -0.15) is 4.98 Å². The summed E-state index contributed by atoms with van der Waals surface area (Å²) in [6.07, 6.45) is 6.00. The van der Waals surface area contributed by atoms with Crippen molar-refractivity contribution in [2.24, 2.45) is 0 Å². The van der Waals surface area contributed by atoms with E-state index in [1.165, 1.54) is 12.8 Å². The van der Waals surface area contributed by atoms with Gasteiger partial charge in [-0.05, 0) is 28.8 Å². The van der Waals surface area contributed by atoms with Gasteiger partial charge >= 0.3 is 0 Å². The lowest BCUT2D eigenvalue weighted by molar-refractivity contribution is 0.393. The van der Waals surface area contributed by atoms with Gasteiger partial charge in [-0.3, -0.25) is 0 Å². The molecule has 1 aromatic rings. The highest BCUT2D eigenvalue weighted by Crippen LogP contribution is 2.31. The molecule has 1 aliphatic rings. The molecular formula is C11H14BrN3O. The Morgan fingerprint density at radius 1 is 1.69 bits per heavy atom. The molecule has 1 aliphatic carbocycles. The molecule has 1 saturated carbocycles. The maximum absolute atomic E-state index is 5.16. The van der Waals surface area contributed by atoms with Crippen LogP contribution in [0.2, 0.25) is 0 Å². The third-order valence-electron chi connectivity index (χ3n) is 2.46. The number of aromatic nitrogens is 2. The summed E-state index contributed by atoms with van der Waals surface area (Å²) in [5, 5.41) is 0. The third-order valence-corrected chi connectivity index (χ3v) is 3.01. The topological polar surface area (TPSA) is 38.2 Å². The minimum Gasteiger partial charge on any atom is -0.480 e. The van der Waals surface area contributed by atoms with Crippen LogP contribution in [0.4, 0.5) is 5.95 Å². The van der Waals surface area contributed by atoms with E-state index < -0.39 is 0 Å². The monoisotopic (exact) mass is 283 g/mol. The Labute approximate surface area is 103 Å². The van der Waals surface area contributed by atoms with E-state index in [2.05, 4.69) is 37.4 Å². The Morgan fingerprint density at radius 2 is 2.44 bits per heavy atom. The molecule has 1 heterocycles. The van der Waals surface area contributed by atoms with Gasteiger partial charge in [0.1, 0.15) is 0 Å². The van der Waals surface area contributed by atoms with Crippen LogP contribution in [0.25, 0.3) is 0 Å². The molecule has 0 aromatic carbocycles. The Hall–Kier alpha value is -1.10. The normalized spacial score (nSPS) is 14.6. The van der Waals surface area contributed by atoms with Crippen LogP contribution in [0.15, 0.2) is 23.3 Å². The number of hydrogen-bond donors (Lipinski definition) is 0. The molecule has 0 radical (unpaired) electrons. The second-order valence-electron chi connectivity index (χ2n) is 3.70. The van der Waals surface area contributed by atoms with Crippen molar-refractivity contribution >= 4 is 21.9 Å². The summed E-state index contributed by atoms with van der Waals surface area (Å²) in [7, 11) is 1.60. The molecule has 2 rings (SSSR count). The van der Waals surface area contributed by atoms with Gasteiger partial charge in [0.25, 0.3) is 0 Å². The summed E-state index contributed by atoms with van der Waals surface area (Å²) in [5.74, 6) is 1.28. The maximum Gasteiger partial charge on any atom is 0.232 e. The van der Waals surface area contributed by atoms with Crippen LogP contribution >= 0.6 is 15.9 Å². The van der Waals surface area contributed by atoms with E-state index in [1.54, 1.807) is 13.3 Å². The van der Waals surface area contributed by atoms with Crippen molar-refractivity contribution in [1.82, 2.24) is 9.97 Å². The van der Waals surface area contributed by atoms with Crippen LogP contribution in [0, 0.1) is 0 Å². The zero-order valence-electron chi connectivity index (χ0n) is 9.19. The molecule has 0 atom stereocenters. The van der Waals surface area contributed by atoms with Crippen molar-refractivity contribution in [2.75, 3.05) is 18.6 Å². The van der Waals surface area contributed by atoms with E-state index in [0.29, 0.717) is 17.9 Å². The number of ether oxygens (including phenoxy) is 1. The standard InChI is InChI=1S/C11H14BrN3O/c1-3-6-15(8-4-5-8)11-13-7-9(12)10(14-11)16-2/h3,7-8H,1,4-6H2,2H3. The van der Waals surface area contributed by atoms with Gasteiger partial charge < -0.3 is 9.64 Å². The second-order valence-corrected chi connectivity index (χ2v) is 4.55. The number of anilines is 1. The minimum absolute atomic E-state index is 0.559. The fourth-order valence-corrected chi connectivity index (χ4v) is 1.90. The van der Waals surface area contributed by atoms with Crippen LogP contribution in [0.1, 0.15) is 12.8 Å². The van der Waals surface area contributed by atoms with Crippen LogP contribution in [-0.2, 0) is 0 Å². The molecule has 0 bridgehead atoms. The average Bonchev–Trinajstić information content (AvgIpc) is 3.11. The van der Waals surface area contributed by atoms with E-state index in [1.807, 2.05) is 6.08 Å². The van der Waals surface area contributed by atoms with Crippen LogP contribution in [0.3, 0.4) is 0 Å². The number of hydrogen-bond acceptors (Lipinski definition) is 4. The number of nitrogens with zero attached hydrogens (tertiary/aromatic N) is 3. The predicted octanol–water partition coefficient (Wildman–Crippen LogP) is 2.40. The Bertz CT molecular complexity index is 393. The van der Waals surface area contributed by atoms with E-state index in [0.717, 1.165) is 11.0 Å². The first kappa shape index (κ1) is 11.4. The SMILES string of the molecule is C=CCN(c1ncc(Br)c(OC)n1)C1CC1. The highest BCUT2D eigenvalue weighted by Gasteiger charge is 2.30. The number of halogens is 1. The number of rotatable bonds is 5. The van der Waals surface area contributed by atoms with Crippen molar-refractivity contribution < 1.29 is 4.74 Å². The summed E-state index contributed by atoms with van der Waals surface area (Å²) >= 11 is 3.34. The third kappa shape index (κ3) is 2.35. The van der Waals surface area contributed by atoms with Crippen molar-refractivity contribution in [2.45, 2.75) is 18.9 Å². The molecule has 4 nitrogen and oxygen atoms in total. The fraction of sp³-hybridized carbons (Fsp3) is 0.455. The zero-order valence-corrected chi connectivity index (χ0v) is 10.8. The molecule has 16 heavy (non-hydrogen) atoms. The van der Waals surface area contributed by atoms with Crippen LogP contribution in [0.5, 0.6) is 5.88 Å². The van der Waals surface area contributed by atoms with Crippen LogP contribution in [-0.4, -0.2) is 29.7 Å². The smallest absolute Gasteiger partial charge is 0.232 e. The maximum atomic E-state index is 5.16. The summed E-state index contributed by atoms with van der Waals surface area (Å²) < 4.78 is 5.93. The lowest BCUT2D eigenvalue weighted by Crippen LogP contribution is -2.27. The Balaban J connectivity index is 2.26. The first-order valence-corrected chi connectivity index (χ1v) is 5.99. The van der Waals surface area contributed by atoms with E-state index >= 15 is 0 Å². The van der Waals surface area contributed by atoms with Gasteiger partial charge in [0.05, 0.1) is 17.8 Å². The largest absolute Gasteiger partial charge is 0.480 e. The highest BCUT2D eigenvalue weighted by atomic mass is 79.9. The van der Waals surface area contributed by atoms with E-state index in [4.69, 9.17) is 4.74 Å². The highest BCUT2D eigenvalue weighted by molar-refractivity contribution is 9.10. The minimum atomic E-state index is 0.559. The molecule has 5 heteroatoms. The summed E-state index contributed by atoms with van der Waals surface area (Å²) in [6, 6.07) is 0.559. The van der Waals surface area contributed by atoms with E-state index in [9.17, 15) is 0 Å². The summed E-state index contributed by atoms with van der Waals surface area (Å²) in [6.45, 7) is 4.53. The first-order chi connectivity index (χ1) is 7.76. The lowest BCUT2D eigenvalue weighted by atomic mass is 10.4. The van der Waals surface area contributed by atoms with Crippen molar-refractivity contribution in [3.8, 4) is 5.88 Å². The van der Waals surface area contributed by atoms with Gasteiger partial charge in [0.15, 0.2) is 0 Å². The molecule has 0 N–H and O–H groups in total. The summed E-state index contributed by atoms with van der Waals surface area (Å²) in [5.41, 5.74) is 0. The molecule has 1 aromatic heterocycles. The zero-order chi connectivity index (χ0) is 11.5. The van der Waals surface area contributed by atoms with Gasteiger partial charge in [0.2, 0.25) is 11.8 Å². The molecule has 0 aliphatic heterocycles. The van der Waals surface area contributed by atoms with Crippen molar-refractivity contribution in [3.05, 3.63) is 23.3 Å². The lowest BCUT2D eigenvalue weighted by Gasteiger charge is -2.20. The fourth-order valence-electron chi connectivity index (χ4n) is 1.54. The van der Waals surface area contributed by atoms with Gasteiger partial charge in [0, 0.05) is 12.6 Å². The molecule has 0 saturated heterocycles. The van der Waals surface area contributed by atoms with Crippen LogP contribution < -0.4 is 9.64 Å². The number of methoxy groups -OCH3 is 1. The molecular weight excluding hydrogens is 270 g/mol. The molecule has 0 amide bonds. The van der Waals surface area contributed by atoms with E-state index in [-0.39, 0.29) is 0 Å². The van der Waals surface area contributed by atoms with Gasteiger partial charge in [-0.15, -0.1) is 6.58 Å². The predicted molar refractivity (Wildman–Crippen MR) is 66.8 cm³/mol. The quantitative estimate of drug-likeness (QED) is 0.778. The van der Waals surface area contributed by atoms with Gasteiger partial charge in [-0.1, -0.05) is 6.08 Å². The van der Waals surface area contributed by atoms with Crippen molar-refractivity contribution in [1.29, 1.82) is 0 Å². The second kappa shape index (κ2) is 4.82. The summed E-state index contributed by atoms with van der Waals surface area (Å²) in [4.78, 5) is 10.8. The molecule has 1 fully saturated rings. The Kier molecular flexibility index (Phi) is 3.43. The molecule has 0 spiro atoms. The van der Waals surface area contributed by atoms with Crippen molar-refractivity contribution in [3.63, 3.8) is 0 Å². The van der Waals surface area contributed by atoms with Gasteiger partial charge in [-0.25, -0.2) is 4.98 Å².